The van der Waals surface area contributed by atoms with Crippen LogP contribution in [0.1, 0.15) is 49.5 Å². The van der Waals surface area contributed by atoms with Gasteiger partial charge in [0.2, 0.25) is 0 Å². The van der Waals surface area contributed by atoms with Crippen molar-refractivity contribution in [2.75, 3.05) is 0 Å². The number of aromatic carboxylic acids is 1. The number of rotatable bonds is 4. The summed E-state index contributed by atoms with van der Waals surface area (Å²) >= 11 is 0. The molecule has 0 saturated heterocycles. The maximum atomic E-state index is 11.1. The number of carbonyl (C=O) groups is 1. The molecule has 1 unspecified atom stereocenters. The summed E-state index contributed by atoms with van der Waals surface area (Å²) in [6.45, 7) is 7.47. The second-order valence-electron chi connectivity index (χ2n) is 5.17. The fraction of sp³-hybridized carbons (Fsp3) is 0.667. The molecule has 1 aromatic heterocycles. The Morgan fingerprint density at radius 1 is 1.47 bits per heavy atom. The van der Waals surface area contributed by atoms with Gasteiger partial charge < -0.3 is 14.7 Å². The Balaban J connectivity index is 3.00. The van der Waals surface area contributed by atoms with E-state index in [1.165, 1.54) is 0 Å². The minimum absolute atomic E-state index is 0.0933. The molecule has 0 aliphatic rings. The smallest absolute Gasteiger partial charge is 0.341 e. The topological polar surface area (TPSA) is 83.6 Å². The monoisotopic (exact) mass is 241 g/mol. The first-order valence-electron chi connectivity index (χ1n) is 5.66. The van der Waals surface area contributed by atoms with Gasteiger partial charge in [-0.1, -0.05) is 32.9 Å². The lowest BCUT2D eigenvalue weighted by atomic mass is 9.86. The molecule has 1 heterocycles. The van der Waals surface area contributed by atoms with Gasteiger partial charge in [-0.2, -0.15) is 0 Å². The number of carboxylic acids is 1. The molecule has 1 rings (SSSR count). The van der Waals surface area contributed by atoms with Crippen LogP contribution in [0.25, 0.3) is 0 Å². The number of aromatic nitrogens is 1. The predicted molar refractivity (Wildman–Crippen MR) is 62.0 cm³/mol. The Morgan fingerprint density at radius 3 is 2.47 bits per heavy atom. The molecule has 5 nitrogen and oxygen atoms in total. The fourth-order valence-corrected chi connectivity index (χ4v) is 1.47. The average molecular weight is 241 g/mol. The number of hydrogen-bond acceptors (Lipinski definition) is 4. The third kappa shape index (κ3) is 3.06. The second-order valence-corrected chi connectivity index (χ2v) is 5.17. The molecule has 5 heteroatoms. The van der Waals surface area contributed by atoms with Crippen molar-refractivity contribution in [1.82, 2.24) is 5.16 Å². The van der Waals surface area contributed by atoms with Gasteiger partial charge in [0, 0.05) is 6.42 Å². The molecule has 1 aromatic rings. The molecule has 1 atom stereocenters. The summed E-state index contributed by atoms with van der Waals surface area (Å²) in [7, 11) is 0. The van der Waals surface area contributed by atoms with Crippen LogP contribution in [0.5, 0.6) is 0 Å². The van der Waals surface area contributed by atoms with E-state index in [1.54, 1.807) is 0 Å². The van der Waals surface area contributed by atoms with Gasteiger partial charge in [-0.05, 0) is 11.8 Å². The van der Waals surface area contributed by atoms with Crippen LogP contribution in [0, 0.1) is 5.41 Å². The van der Waals surface area contributed by atoms with Crippen LogP contribution in [0.4, 0.5) is 0 Å². The van der Waals surface area contributed by atoms with Gasteiger partial charge >= 0.3 is 5.97 Å². The van der Waals surface area contributed by atoms with E-state index in [0.29, 0.717) is 12.1 Å². The van der Waals surface area contributed by atoms with Crippen LogP contribution in [-0.4, -0.2) is 27.4 Å². The van der Waals surface area contributed by atoms with Crippen molar-refractivity contribution in [3.05, 3.63) is 17.0 Å². The summed E-state index contributed by atoms with van der Waals surface area (Å²) in [5, 5.41) is 22.8. The van der Waals surface area contributed by atoms with Crippen LogP contribution in [0.15, 0.2) is 4.52 Å². The van der Waals surface area contributed by atoms with Crippen molar-refractivity contribution in [2.24, 2.45) is 5.41 Å². The van der Waals surface area contributed by atoms with E-state index >= 15 is 0 Å². The van der Waals surface area contributed by atoms with Gasteiger partial charge in [0.15, 0.2) is 5.76 Å². The Kier molecular flexibility index (Phi) is 3.93. The standard InChI is InChI=1S/C12H19NO4/c1-5-7-10(11(15)16)8(17-13-7)6-9(14)12(2,3)4/h9,14H,5-6H2,1-4H3,(H,15,16). The predicted octanol–water partition coefficient (Wildman–Crippen LogP) is 1.88. The van der Waals surface area contributed by atoms with Crippen molar-refractivity contribution >= 4 is 5.97 Å². The molecule has 0 bridgehead atoms. The molecule has 0 aliphatic heterocycles. The van der Waals surface area contributed by atoms with E-state index < -0.39 is 12.1 Å². The van der Waals surface area contributed by atoms with E-state index in [0.717, 1.165) is 0 Å². The van der Waals surface area contributed by atoms with E-state index in [1.807, 2.05) is 27.7 Å². The van der Waals surface area contributed by atoms with Gasteiger partial charge in [-0.3, -0.25) is 0 Å². The van der Waals surface area contributed by atoms with E-state index in [-0.39, 0.29) is 23.2 Å². The highest BCUT2D eigenvalue weighted by Gasteiger charge is 2.28. The molecule has 17 heavy (non-hydrogen) atoms. The summed E-state index contributed by atoms with van der Waals surface area (Å²) in [6, 6.07) is 0. The quantitative estimate of drug-likeness (QED) is 0.840. The number of aliphatic hydroxyl groups is 1. The SMILES string of the molecule is CCc1noc(CC(O)C(C)(C)C)c1C(=O)O. The van der Waals surface area contributed by atoms with Crippen LogP contribution in [-0.2, 0) is 12.8 Å². The van der Waals surface area contributed by atoms with Gasteiger partial charge in [0.05, 0.1) is 11.8 Å². The van der Waals surface area contributed by atoms with Gasteiger partial charge in [-0.25, -0.2) is 4.79 Å². The summed E-state index contributed by atoms with van der Waals surface area (Å²) in [5.41, 5.74) is 0.194. The highest BCUT2D eigenvalue weighted by Crippen LogP contribution is 2.25. The number of hydrogen-bond donors (Lipinski definition) is 2. The van der Waals surface area contributed by atoms with E-state index in [4.69, 9.17) is 9.63 Å². The second kappa shape index (κ2) is 4.87. The number of aliphatic hydroxyl groups excluding tert-OH is 1. The number of carboxylic acid groups (broad SMARTS) is 1. The third-order valence-corrected chi connectivity index (χ3v) is 2.76. The first-order valence-corrected chi connectivity index (χ1v) is 5.66. The van der Waals surface area contributed by atoms with Crippen LogP contribution >= 0.6 is 0 Å². The average Bonchev–Trinajstić information content (AvgIpc) is 2.59. The number of nitrogens with zero attached hydrogens (tertiary/aromatic N) is 1. The summed E-state index contributed by atoms with van der Waals surface area (Å²) < 4.78 is 5.02. The minimum atomic E-state index is -1.06. The Labute approximate surface area is 100 Å². The largest absolute Gasteiger partial charge is 0.477 e. The Morgan fingerprint density at radius 2 is 2.06 bits per heavy atom. The van der Waals surface area contributed by atoms with Gasteiger partial charge in [0.25, 0.3) is 0 Å². The Bertz CT molecular complexity index is 403. The third-order valence-electron chi connectivity index (χ3n) is 2.76. The lowest BCUT2D eigenvalue weighted by molar-refractivity contribution is 0.0562. The summed E-state index contributed by atoms with van der Waals surface area (Å²) in [5.74, 6) is -0.809. The van der Waals surface area contributed by atoms with Crippen LogP contribution in [0.2, 0.25) is 0 Å². The molecule has 0 fully saturated rings. The van der Waals surface area contributed by atoms with Crippen molar-refractivity contribution < 1.29 is 19.5 Å². The first-order chi connectivity index (χ1) is 7.77. The summed E-state index contributed by atoms with van der Waals surface area (Å²) in [6.07, 6.45) is -0.00669. The minimum Gasteiger partial charge on any atom is -0.477 e. The van der Waals surface area contributed by atoms with Crippen LogP contribution < -0.4 is 0 Å². The normalized spacial score (nSPS) is 13.7. The molecule has 96 valence electrons. The summed E-state index contributed by atoms with van der Waals surface area (Å²) in [4.78, 5) is 11.1. The molecule has 0 saturated carbocycles. The van der Waals surface area contributed by atoms with E-state index in [2.05, 4.69) is 5.16 Å². The molecule has 0 spiro atoms. The molecule has 0 aromatic carbocycles. The highest BCUT2D eigenvalue weighted by molar-refractivity contribution is 5.90. The molecular weight excluding hydrogens is 222 g/mol. The zero-order valence-corrected chi connectivity index (χ0v) is 10.6. The lowest BCUT2D eigenvalue weighted by Crippen LogP contribution is -2.28. The molecular formula is C12H19NO4. The van der Waals surface area contributed by atoms with Crippen molar-refractivity contribution in [3.8, 4) is 0 Å². The van der Waals surface area contributed by atoms with Crippen molar-refractivity contribution in [3.63, 3.8) is 0 Å². The zero-order chi connectivity index (χ0) is 13.2. The zero-order valence-electron chi connectivity index (χ0n) is 10.6. The molecule has 0 aliphatic carbocycles. The first kappa shape index (κ1) is 13.7. The fourth-order valence-electron chi connectivity index (χ4n) is 1.47. The van der Waals surface area contributed by atoms with E-state index in [9.17, 15) is 9.90 Å². The molecule has 0 amide bonds. The van der Waals surface area contributed by atoms with Crippen molar-refractivity contribution in [1.29, 1.82) is 0 Å². The lowest BCUT2D eigenvalue weighted by Gasteiger charge is -2.24. The van der Waals surface area contributed by atoms with Crippen LogP contribution in [0.3, 0.4) is 0 Å². The van der Waals surface area contributed by atoms with Crippen molar-refractivity contribution in [2.45, 2.75) is 46.6 Å². The molecule has 2 N–H and O–H groups in total. The van der Waals surface area contributed by atoms with Gasteiger partial charge in [-0.15, -0.1) is 0 Å². The molecule has 0 radical (unpaired) electrons. The highest BCUT2D eigenvalue weighted by atomic mass is 16.5. The maximum Gasteiger partial charge on any atom is 0.341 e. The van der Waals surface area contributed by atoms with Gasteiger partial charge in [0.1, 0.15) is 5.56 Å². The Hall–Kier alpha value is -1.36. The number of aryl methyl sites for hydroxylation is 1. The maximum absolute atomic E-state index is 11.1.